The summed E-state index contributed by atoms with van der Waals surface area (Å²) in [5.74, 6) is 0.289. The zero-order chi connectivity index (χ0) is 20.8. The third kappa shape index (κ3) is 5.51. The first kappa shape index (κ1) is 21.2. The Bertz CT molecular complexity index is 837. The summed E-state index contributed by atoms with van der Waals surface area (Å²) in [6.45, 7) is 15.6. The van der Waals surface area contributed by atoms with E-state index in [0.29, 0.717) is 0 Å². The van der Waals surface area contributed by atoms with Crippen LogP contribution in [0.5, 0.6) is 5.75 Å². The molecule has 0 bridgehead atoms. The van der Waals surface area contributed by atoms with Crippen molar-refractivity contribution < 1.29 is 10.0 Å². The summed E-state index contributed by atoms with van der Waals surface area (Å²) in [5, 5.41) is 17.1. The highest BCUT2D eigenvalue weighted by atomic mass is 16.3. The first-order valence-electron chi connectivity index (χ1n) is 10.8. The zero-order valence-corrected chi connectivity index (χ0v) is 18.3. The van der Waals surface area contributed by atoms with Gasteiger partial charge in [-0.2, -0.15) is 5.10 Å². The van der Waals surface area contributed by atoms with Crippen molar-refractivity contribution in [3.8, 4) is 5.75 Å². The van der Waals surface area contributed by atoms with E-state index in [1.54, 1.807) is 11.1 Å². The Morgan fingerprint density at radius 1 is 1.07 bits per heavy atom. The van der Waals surface area contributed by atoms with Gasteiger partial charge >= 0.3 is 0 Å². The van der Waals surface area contributed by atoms with Crippen molar-refractivity contribution >= 4 is 11.9 Å². The second-order valence-corrected chi connectivity index (χ2v) is 7.97. The predicted octanol–water partition coefficient (Wildman–Crippen LogP) is 2.59. The molecule has 0 aliphatic carbocycles. The minimum atomic E-state index is 0.289. The Kier molecular flexibility index (Phi) is 7.15. The number of hydrogen-bond donors (Lipinski definition) is 2. The molecular weight excluding hydrogens is 360 g/mol. The Morgan fingerprint density at radius 3 is 2.41 bits per heavy atom. The molecule has 5 heteroatoms. The lowest BCUT2D eigenvalue weighted by Gasteiger charge is -2.30. The molecule has 5 nitrogen and oxygen atoms in total. The zero-order valence-electron chi connectivity index (χ0n) is 18.3. The van der Waals surface area contributed by atoms with Gasteiger partial charge in [0.2, 0.25) is 0 Å². The maximum Gasteiger partial charge on any atom is 0.126 e. The number of quaternary nitrogens is 1. The molecule has 1 aliphatic heterocycles. The molecule has 0 saturated carbocycles. The fourth-order valence-electron chi connectivity index (χ4n) is 3.99. The standard InChI is InChI=1S/C24H34N4O/c1-5-27(6-2)23-10-9-21(24(29)16-23)17-25-28-13-11-26(12-14-28)18-22-8-7-19(3)15-20(22)4/h7-10,15-17,29H,5-6,11-14,18H2,1-4H3/p+1/b25-17+. The van der Waals surface area contributed by atoms with Gasteiger partial charge in [-0.1, -0.05) is 23.8 Å². The third-order valence-corrected chi connectivity index (χ3v) is 5.89. The van der Waals surface area contributed by atoms with Gasteiger partial charge in [0.05, 0.1) is 32.4 Å². The molecule has 0 spiro atoms. The van der Waals surface area contributed by atoms with Crippen LogP contribution < -0.4 is 9.80 Å². The summed E-state index contributed by atoms with van der Waals surface area (Å²) in [4.78, 5) is 3.83. The van der Waals surface area contributed by atoms with Crippen molar-refractivity contribution in [2.24, 2.45) is 5.10 Å². The largest absolute Gasteiger partial charge is 0.507 e. The number of nitrogens with zero attached hydrogens (tertiary/aromatic N) is 3. The average Bonchev–Trinajstić information content (AvgIpc) is 2.71. The third-order valence-electron chi connectivity index (χ3n) is 5.89. The summed E-state index contributed by atoms with van der Waals surface area (Å²) < 4.78 is 0. The van der Waals surface area contributed by atoms with Crippen LogP contribution in [0.4, 0.5) is 5.69 Å². The SMILES string of the molecule is CCN(CC)c1ccc(/C=N/N2CC[NH+](Cc3ccc(C)cc3C)CC2)c(O)c1. The van der Waals surface area contributed by atoms with Crippen molar-refractivity contribution in [3.05, 3.63) is 58.7 Å². The van der Waals surface area contributed by atoms with E-state index in [-0.39, 0.29) is 5.75 Å². The van der Waals surface area contributed by atoms with Crippen molar-refractivity contribution in [1.82, 2.24) is 5.01 Å². The van der Waals surface area contributed by atoms with E-state index in [1.807, 2.05) is 12.1 Å². The summed E-state index contributed by atoms with van der Waals surface area (Å²) in [5.41, 5.74) is 5.98. The van der Waals surface area contributed by atoms with Gasteiger partial charge < -0.3 is 14.9 Å². The van der Waals surface area contributed by atoms with Gasteiger partial charge in [-0.25, -0.2) is 0 Å². The first-order valence-corrected chi connectivity index (χ1v) is 10.8. The molecule has 1 heterocycles. The van der Waals surface area contributed by atoms with Crippen LogP contribution in [0.15, 0.2) is 41.5 Å². The van der Waals surface area contributed by atoms with Gasteiger partial charge in [-0.05, 0) is 45.4 Å². The van der Waals surface area contributed by atoms with Gasteiger partial charge in [0.25, 0.3) is 0 Å². The molecule has 3 rings (SSSR count). The number of phenols is 1. The van der Waals surface area contributed by atoms with Crippen LogP contribution in [0.3, 0.4) is 0 Å². The number of hydrogen-bond acceptors (Lipinski definition) is 4. The van der Waals surface area contributed by atoms with Crippen LogP contribution >= 0.6 is 0 Å². The molecule has 1 fully saturated rings. The minimum Gasteiger partial charge on any atom is -0.507 e. The van der Waals surface area contributed by atoms with E-state index in [2.05, 4.69) is 67.0 Å². The molecule has 0 radical (unpaired) electrons. The summed E-state index contributed by atoms with van der Waals surface area (Å²) >= 11 is 0. The van der Waals surface area contributed by atoms with Crippen LogP contribution in [0.25, 0.3) is 0 Å². The molecule has 0 atom stereocenters. The fourth-order valence-corrected chi connectivity index (χ4v) is 3.99. The molecule has 0 amide bonds. The number of hydrazone groups is 1. The van der Waals surface area contributed by atoms with Crippen LogP contribution in [0, 0.1) is 13.8 Å². The highest BCUT2D eigenvalue weighted by Gasteiger charge is 2.19. The number of anilines is 1. The Morgan fingerprint density at radius 2 is 1.79 bits per heavy atom. The highest BCUT2D eigenvalue weighted by Crippen LogP contribution is 2.23. The summed E-state index contributed by atoms with van der Waals surface area (Å²) in [6.07, 6.45) is 1.79. The number of phenolic OH excluding ortho intramolecular Hbond substituents is 1. The molecule has 0 aromatic heterocycles. The molecule has 2 aromatic carbocycles. The lowest BCUT2D eigenvalue weighted by Crippen LogP contribution is -3.13. The van der Waals surface area contributed by atoms with Gasteiger partial charge in [-0.3, -0.25) is 5.01 Å². The smallest absolute Gasteiger partial charge is 0.126 e. The fraction of sp³-hybridized carbons (Fsp3) is 0.458. The summed E-state index contributed by atoms with van der Waals surface area (Å²) in [6, 6.07) is 12.6. The Labute approximate surface area is 175 Å². The van der Waals surface area contributed by atoms with Crippen molar-refractivity contribution in [1.29, 1.82) is 0 Å². The number of aryl methyl sites for hydroxylation is 2. The number of nitrogens with one attached hydrogen (secondary N) is 1. The van der Waals surface area contributed by atoms with E-state index >= 15 is 0 Å². The predicted molar refractivity (Wildman–Crippen MR) is 121 cm³/mol. The number of piperazine rings is 1. The molecule has 2 aromatic rings. The van der Waals surface area contributed by atoms with Gasteiger partial charge in [-0.15, -0.1) is 0 Å². The average molecular weight is 396 g/mol. The monoisotopic (exact) mass is 395 g/mol. The second kappa shape index (κ2) is 9.79. The maximum atomic E-state index is 10.4. The van der Waals surface area contributed by atoms with E-state index in [4.69, 9.17) is 0 Å². The molecule has 2 N–H and O–H groups in total. The van der Waals surface area contributed by atoms with E-state index < -0.39 is 0 Å². The van der Waals surface area contributed by atoms with E-state index in [0.717, 1.165) is 57.1 Å². The van der Waals surface area contributed by atoms with Crippen LogP contribution in [0.2, 0.25) is 0 Å². The van der Waals surface area contributed by atoms with Crippen LogP contribution in [-0.4, -0.2) is 55.6 Å². The van der Waals surface area contributed by atoms with E-state index in [9.17, 15) is 5.11 Å². The van der Waals surface area contributed by atoms with Gasteiger partial charge in [0.15, 0.2) is 0 Å². The van der Waals surface area contributed by atoms with Crippen molar-refractivity contribution in [3.63, 3.8) is 0 Å². The van der Waals surface area contributed by atoms with Crippen molar-refractivity contribution in [2.45, 2.75) is 34.2 Å². The lowest BCUT2D eigenvalue weighted by atomic mass is 10.1. The Balaban J connectivity index is 1.54. The number of aromatic hydroxyl groups is 1. The maximum absolute atomic E-state index is 10.4. The highest BCUT2D eigenvalue weighted by molar-refractivity contribution is 5.84. The summed E-state index contributed by atoms with van der Waals surface area (Å²) in [7, 11) is 0. The molecule has 1 saturated heterocycles. The lowest BCUT2D eigenvalue weighted by molar-refractivity contribution is -0.918. The quantitative estimate of drug-likeness (QED) is 0.709. The van der Waals surface area contributed by atoms with Crippen molar-refractivity contribution in [2.75, 3.05) is 44.2 Å². The molecule has 29 heavy (non-hydrogen) atoms. The normalized spacial score (nSPS) is 15.2. The first-order chi connectivity index (χ1) is 14.0. The van der Waals surface area contributed by atoms with Crippen LogP contribution in [-0.2, 0) is 6.54 Å². The van der Waals surface area contributed by atoms with E-state index in [1.165, 1.54) is 16.7 Å². The molecule has 156 valence electrons. The molecule has 0 unspecified atom stereocenters. The Hall–Kier alpha value is -2.53. The molecule has 1 aliphatic rings. The minimum absolute atomic E-state index is 0.289. The number of benzene rings is 2. The molecular formula is C24H35N4O+. The van der Waals surface area contributed by atoms with Crippen LogP contribution in [0.1, 0.15) is 36.1 Å². The van der Waals surface area contributed by atoms with Gasteiger partial charge in [0, 0.05) is 36.0 Å². The second-order valence-electron chi connectivity index (χ2n) is 7.97. The topological polar surface area (TPSA) is 43.5 Å². The number of rotatable bonds is 7. The van der Waals surface area contributed by atoms with Gasteiger partial charge in [0.1, 0.15) is 12.3 Å².